The molecule has 1 amide bonds. The Balaban J connectivity index is 1.63. The van der Waals surface area contributed by atoms with Crippen molar-refractivity contribution in [2.75, 3.05) is 19.8 Å². The predicted octanol–water partition coefficient (Wildman–Crippen LogP) is 4.03. The van der Waals surface area contributed by atoms with Crippen LogP contribution >= 0.6 is 0 Å². The number of rotatable bonds is 12. The van der Waals surface area contributed by atoms with Crippen molar-refractivity contribution in [2.45, 2.75) is 64.6 Å². The molecule has 1 aromatic carbocycles. The molecule has 0 aromatic heterocycles. The molecule has 0 unspecified atom stereocenters. The summed E-state index contributed by atoms with van der Waals surface area (Å²) in [5.74, 6) is -0.225. The van der Waals surface area contributed by atoms with Crippen LogP contribution in [-0.4, -0.2) is 37.7 Å². The molecule has 27 heavy (non-hydrogen) atoms. The van der Waals surface area contributed by atoms with Crippen LogP contribution in [0.2, 0.25) is 0 Å². The number of hydrogen-bond acceptors (Lipinski definition) is 5. The third-order valence-electron chi connectivity index (χ3n) is 4.43. The number of carbonyl (C=O) groups excluding carboxylic acids is 1. The van der Waals surface area contributed by atoms with E-state index in [4.69, 9.17) is 14.2 Å². The highest BCUT2D eigenvalue weighted by molar-refractivity contribution is 5.82. The van der Waals surface area contributed by atoms with E-state index in [1.807, 2.05) is 24.3 Å². The molecule has 0 radical (unpaired) electrons. The molecule has 150 valence electrons. The number of hydrazone groups is 1. The van der Waals surface area contributed by atoms with Gasteiger partial charge in [0.1, 0.15) is 5.75 Å². The fourth-order valence-corrected chi connectivity index (χ4v) is 2.89. The van der Waals surface area contributed by atoms with Crippen LogP contribution in [0.5, 0.6) is 5.75 Å². The molecule has 0 spiro atoms. The molecule has 6 nitrogen and oxygen atoms in total. The van der Waals surface area contributed by atoms with Gasteiger partial charge >= 0.3 is 0 Å². The molecule has 0 bridgehead atoms. The summed E-state index contributed by atoms with van der Waals surface area (Å²) >= 11 is 0. The van der Waals surface area contributed by atoms with Crippen molar-refractivity contribution in [3.8, 4) is 5.75 Å². The molecule has 1 heterocycles. The fourth-order valence-electron chi connectivity index (χ4n) is 2.89. The summed E-state index contributed by atoms with van der Waals surface area (Å²) < 4.78 is 16.6. The van der Waals surface area contributed by atoms with Gasteiger partial charge in [0.15, 0.2) is 5.79 Å². The normalized spacial score (nSPS) is 15.9. The molecule has 0 aliphatic carbocycles. The predicted molar refractivity (Wildman–Crippen MR) is 106 cm³/mol. The maximum absolute atomic E-state index is 11.9. The van der Waals surface area contributed by atoms with Gasteiger partial charge in [0.25, 0.3) is 0 Å². The first kappa shape index (κ1) is 21.4. The number of amides is 1. The molecule has 0 saturated carbocycles. The zero-order valence-corrected chi connectivity index (χ0v) is 16.5. The minimum atomic E-state index is -0.839. The molecule has 1 fully saturated rings. The monoisotopic (exact) mass is 376 g/mol. The van der Waals surface area contributed by atoms with Gasteiger partial charge in [-0.2, -0.15) is 5.10 Å². The van der Waals surface area contributed by atoms with E-state index in [9.17, 15) is 4.79 Å². The van der Waals surface area contributed by atoms with Gasteiger partial charge in [0.2, 0.25) is 5.91 Å². The Morgan fingerprint density at radius 1 is 1.15 bits per heavy atom. The van der Waals surface area contributed by atoms with Gasteiger partial charge in [-0.25, -0.2) is 5.43 Å². The van der Waals surface area contributed by atoms with Crippen molar-refractivity contribution >= 4 is 12.1 Å². The van der Waals surface area contributed by atoms with Crippen molar-refractivity contribution in [3.63, 3.8) is 0 Å². The molecule has 1 N–H and O–H groups in total. The van der Waals surface area contributed by atoms with Crippen molar-refractivity contribution < 1.29 is 19.0 Å². The van der Waals surface area contributed by atoms with Gasteiger partial charge in [-0.05, 0) is 43.2 Å². The molecule has 0 atom stereocenters. The number of unbranched alkanes of at least 4 members (excludes halogenated alkanes) is 5. The lowest BCUT2D eigenvalue weighted by Crippen LogP contribution is -2.33. The Hall–Kier alpha value is -1.92. The summed E-state index contributed by atoms with van der Waals surface area (Å²) in [5, 5.41) is 3.98. The van der Waals surface area contributed by atoms with Crippen LogP contribution in [0.4, 0.5) is 0 Å². The van der Waals surface area contributed by atoms with Gasteiger partial charge < -0.3 is 14.2 Å². The highest BCUT2D eigenvalue weighted by Gasteiger charge is 2.33. The number of benzene rings is 1. The van der Waals surface area contributed by atoms with E-state index in [0.29, 0.717) is 13.2 Å². The fraction of sp³-hybridized carbons (Fsp3) is 0.619. The third-order valence-corrected chi connectivity index (χ3v) is 4.43. The van der Waals surface area contributed by atoms with E-state index >= 15 is 0 Å². The maximum atomic E-state index is 11.9. The Bertz CT molecular complexity index is 580. The summed E-state index contributed by atoms with van der Waals surface area (Å²) in [6.45, 7) is 5.76. The first-order valence-corrected chi connectivity index (χ1v) is 9.94. The Morgan fingerprint density at radius 3 is 2.52 bits per heavy atom. The van der Waals surface area contributed by atoms with Crippen LogP contribution in [0.3, 0.4) is 0 Å². The lowest BCUT2D eigenvalue weighted by molar-refractivity contribution is -0.159. The lowest BCUT2D eigenvalue weighted by atomic mass is 10.1. The molecule has 2 rings (SSSR count). The highest BCUT2D eigenvalue weighted by atomic mass is 16.7. The second-order valence-electron chi connectivity index (χ2n) is 6.99. The zero-order chi connectivity index (χ0) is 19.4. The van der Waals surface area contributed by atoms with Gasteiger partial charge in [-0.3, -0.25) is 4.79 Å². The first-order chi connectivity index (χ1) is 13.1. The van der Waals surface area contributed by atoms with Crippen molar-refractivity contribution in [1.82, 2.24) is 5.43 Å². The van der Waals surface area contributed by atoms with Crippen LogP contribution in [0, 0.1) is 0 Å². The average Bonchev–Trinajstić information content (AvgIpc) is 3.08. The molecule has 1 aliphatic heterocycles. The number of carbonyl (C=O) groups is 1. The number of hydrogen-bond donors (Lipinski definition) is 1. The minimum Gasteiger partial charge on any atom is -0.494 e. The van der Waals surface area contributed by atoms with Crippen molar-refractivity contribution in [1.29, 1.82) is 0 Å². The van der Waals surface area contributed by atoms with Gasteiger partial charge in [-0.1, -0.05) is 39.0 Å². The molecular weight excluding hydrogens is 344 g/mol. The lowest BCUT2D eigenvalue weighted by Gasteiger charge is -2.20. The second kappa shape index (κ2) is 11.7. The Labute approximate surface area is 162 Å². The summed E-state index contributed by atoms with van der Waals surface area (Å²) in [6, 6.07) is 7.66. The van der Waals surface area contributed by atoms with Gasteiger partial charge in [-0.15, -0.1) is 0 Å². The maximum Gasteiger partial charge on any atom is 0.245 e. The smallest absolute Gasteiger partial charge is 0.245 e. The van der Waals surface area contributed by atoms with Crippen LogP contribution in [-0.2, 0) is 14.3 Å². The SMILES string of the molecule is CCCCCCCCOc1ccc(/C=N/NC(=O)CC2(C)OCCO2)cc1. The van der Waals surface area contributed by atoms with Crippen LogP contribution in [0.25, 0.3) is 0 Å². The van der Waals surface area contributed by atoms with E-state index in [1.165, 1.54) is 32.1 Å². The highest BCUT2D eigenvalue weighted by Crippen LogP contribution is 2.22. The van der Waals surface area contributed by atoms with E-state index in [0.717, 1.165) is 24.3 Å². The average molecular weight is 376 g/mol. The molecule has 6 heteroatoms. The summed E-state index contributed by atoms with van der Waals surface area (Å²) in [5.41, 5.74) is 3.39. The largest absolute Gasteiger partial charge is 0.494 e. The summed E-state index contributed by atoms with van der Waals surface area (Å²) in [6.07, 6.45) is 9.24. The van der Waals surface area contributed by atoms with Gasteiger partial charge in [0.05, 0.1) is 32.5 Å². The molecule has 1 aromatic rings. The van der Waals surface area contributed by atoms with E-state index in [1.54, 1.807) is 13.1 Å². The summed E-state index contributed by atoms with van der Waals surface area (Å²) in [4.78, 5) is 11.9. The standard InChI is InChI=1S/C21H32N2O4/c1-3-4-5-6-7-8-13-25-19-11-9-18(10-12-19)17-22-23-20(24)16-21(2)26-14-15-27-21/h9-12,17H,3-8,13-16H2,1-2H3,(H,23,24)/b22-17+. The number of ether oxygens (including phenoxy) is 3. The zero-order valence-electron chi connectivity index (χ0n) is 16.5. The molecule has 1 saturated heterocycles. The van der Waals surface area contributed by atoms with E-state index in [-0.39, 0.29) is 12.3 Å². The topological polar surface area (TPSA) is 69.2 Å². The van der Waals surface area contributed by atoms with Crippen LogP contribution in [0.15, 0.2) is 29.4 Å². The van der Waals surface area contributed by atoms with E-state index in [2.05, 4.69) is 17.5 Å². The molecular formula is C21H32N2O4. The Kier molecular flexibility index (Phi) is 9.28. The van der Waals surface area contributed by atoms with Crippen LogP contribution in [0.1, 0.15) is 64.4 Å². The van der Waals surface area contributed by atoms with Gasteiger partial charge in [0, 0.05) is 0 Å². The quantitative estimate of drug-likeness (QED) is 0.340. The molecule has 1 aliphatic rings. The third kappa shape index (κ3) is 8.54. The number of nitrogens with zero attached hydrogens (tertiary/aromatic N) is 1. The van der Waals surface area contributed by atoms with E-state index < -0.39 is 5.79 Å². The Morgan fingerprint density at radius 2 is 1.81 bits per heavy atom. The first-order valence-electron chi connectivity index (χ1n) is 9.94. The number of nitrogens with one attached hydrogen (secondary N) is 1. The van der Waals surface area contributed by atoms with Crippen molar-refractivity contribution in [3.05, 3.63) is 29.8 Å². The minimum absolute atomic E-state index is 0.121. The second-order valence-corrected chi connectivity index (χ2v) is 6.99. The van der Waals surface area contributed by atoms with Crippen molar-refractivity contribution in [2.24, 2.45) is 5.10 Å². The summed E-state index contributed by atoms with van der Waals surface area (Å²) in [7, 11) is 0. The van der Waals surface area contributed by atoms with Crippen LogP contribution < -0.4 is 10.2 Å².